The molecule has 0 aliphatic heterocycles. The molecule has 0 fully saturated rings. The summed E-state index contributed by atoms with van der Waals surface area (Å²) < 4.78 is 30.2. The molecule has 0 saturated heterocycles. The van der Waals surface area contributed by atoms with Gasteiger partial charge in [0.15, 0.2) is 9.84 Å². The van der Waals surface area contributed by atoms with E-state index in [4.69, 9.17) is 10.5 Å². The number of imidazole rings is 1. The summed E-state index contributed by atoms with van der Waals surface area (Å²) in [4.78, 5) is 4.39. The highest BCUT2D eigenvalue weighted by Crippen LogP contribution is 2.24. The molecule has 1 heterocycles. The second-order valence-corrected chi connectivity index (χ2v) is 6.35. The van der Waals surface area contributed by atoms with Crippen molar-refractivity contribution < 1.29 is 13.2 Å². The zero-order chi connectivity index (χ0) is 14.0. The van der Waals surface area contributed by atoms with Gasteiger partial charge < -0.3 is 15.0 Å². The van der Waals surface area contributed by atoms with E-state index >= 15 is 0 Å². The van der Waals surface area contributed by atoms with E-state index in [1.165, 1.54) is 6.26 Å². The average molecular weight is 283 g/mol. The maximum atomic E-state index is 11.7. The third kappa shape index (κ3) is 2.71. The summed E-state index contributed by atoms with van der Waals surface area (Å²) in [5.74, 6) is 0.321. The standard InChI is InChI=1S/C12H17N3O3S/c1-18-8-4-7-15-9-5-3-6-10(19(2,16)17)11(9)14-12(15)13/h3,5-6H,4,7-8H2,1-2H3,(H2,13,14). The van der Waals surface area contributed by atoms with Crippen LogP contribution in [0.2, 0.25) is 0 Å². The molecule has 0 spiro atoms. The number of hydrogen-bond acceptors (Lipinski definition) is 5. The van der Waals surface area contributed by atoms with Crippen molar-refractivity contribution in [3.8, 4) is 0 Å². The summed E-state index contributed by atoms with van der Waals surface area (Å²) in [5, 5.41) is 0. The fraction of sp³-hybridized carbons (Fsp3) is 0.417. The number of nitrogens with two attached hydrogens (primary N) is 1. The van der Waals surface area contributed by atoms with Crippen molar-refractivity contribution in [2.75, 3.05) is 25.7 Å². The summed E-state index contributed by atoms with van der Waals surface area (Å²) in [5.41, 5.74) is 7.03. The van der Waals surface area contributed by atoms with Gasteiger partial charge in [0.25, 0.3) is 0 Å². The molecule has 0 unspecified atom stereocenters. The van der Waals surface area contributed by atoms with Gasteiger partial charge in [-0.1, -0.05) is 6.07 Å². The molecule has 0 amide bonds. The van der Waals surface area contributed by atoms with Crippen molar-refractivity contribution in [3.63, 3.8) is 0 Å². The Hall–Kier alpha value is -1.60. The van der Waals surface area contributed by atoms with E-state index in [9.17, 15) is 8.42 Å². The summed E-state index contributed by atoms with van der Waals surface area (Å²) in [6.07, 6.45) is 1.96. The Morgan fingerprint density at radius 1 is 1.42 bits per heavy atom. The number of hydrogen-bond donors (Lipinski definition) is 1. The van der Waals surface area contributed by atoms with Crippen molar-refractivity contribution in [1.29, 1.82) is 0 Å². The van der Waals surface area contributed by atoms with Gasteiger partial charge in [-0.15, -0.1) is 0 Å². The summed E-state index contributed by atoms with van der Waals surface area (Å²) in [7, 11) is -1.68. The second-order valence-electron chi connectivity index (χ2n) is 4.36. The lowest BCUT2D eigenvalue weighted by molar-refractivity contribution is 0.191. The average Bonchev–Trinajstić information content (AvgIpc) is 2.64. The van der Waals surface area contributed by atoms with Gasteiger partial charge in [-0.25, -0.2) is 13.4 Å². The lowest BCUT2D eigenvalue weighted by Gasteiger charge is -2.06. The Labute approximate surface area is 112 Å². The van der Waals surface area contributed by atoms with Crippen LogP contribution >= 0.6 is 0 Å². The Kier molecular flexibility index (Phi) is 3.77. The number of rotatable bonds is 5. The number of nitrogens with zero attached hydrogens (tertiary/aromatic N) is 2. The van der Waals surface area contributed by atoms with Crippen molar-refractivity contribution in [3.05, 3.63) is 18.2 Å². The smallest absolute Gasteiger partial charge is 0.201 e. The van der Waals surface area contributed by atoms with E-state index < -0.39 is 9.84 Å². The van der Waals surface area contributed by atoms with Crippen LogP contribution in [0.1, 0.15) is 6.42 Å². The van der Waals surface area contributed by atoms with E-state index in [1.54, 1.807) is 19.2 Å². The van der Waals surface area contributed by atoms with Crippen molar-refractivity contribution in [1.82, 2.24) is 9.55 Å². The molecule has 104 valence electrons. The molecule has 6 nitrogen and oxygen atoms in total. The third-order valence-corrected chi connectivity index (χ3v) is 4.03. The minimum atomic E-state index is -3.31. The van der Waals surface area contributed by atoms with Gasteiger partial charge in [-0.3, -0.25) is 0 Å². The van der Waals surface area contributed by atoms with Gasteiger partial charge in [0, 0.05) is 26.5 Å². The van der Waals surface area contributed by atoms with Crippen LogP contribution in [-0.2, 0) is 21.1 Å². The number of methoxy groups -OCH3 is 1. The molecule has 1 aromatic heterocycles. The molecule has 19 heavy (non-hydrogen) atoms. The van der Waals surface area contributed by atoms with Gasteiger partial charge >= 0.3 is 0 Å². The molecule has 2 aromatic rings. The zero-order valence-electron chi connectivity index (χ0n) is 11.0. The summed E-state index contributed by atoms with van der Waals surface area (Å²) in [6, 6.07) is 5.07. The van der Waals surface area contributed by atoms with Crippen LogP contribution in [-0.4, -0.2) is 37.9 Å². The summed E-state index contributed by atoms with van der Waals surface area (Å²) in [6.45, 7) is 1.26. The second kappa shape index (κ2) is 5.18. The van der Waals surface area contributed by atoms with E-state index in [0.29, 0.717) is 24.6 Å². The minimum Gasteiger partial charge on any atom is -0.385 e. The van der Waals surface area contributed by atoms with Crippen molar-refractivity contribution in [2.45, 2.75) is 17.9 Å². The molecule has 1 aromatic carbocycles. The maximum Gasteiger partial charge on any atom is 0.201 e. The van der Waals surface area contributed by atoms with Gasteiger partial charge in [0.05, 0.1) is 10.4 Å². The first-order chi connectivity index (χ1) is 8.95. The van der Waals surface area contributed by atoms with Crippen LogP contribution in [0, 0.1) is 0 Å². The van der Waals surface area contributed by atoms with E-state index in [2.05, 4.69) is 4.98 Å². The highest BCUT2D eigenvalue weighted by Gasteiger charge is 2.17. The van der Waals surface area contributed by atoms with Gasteiger partial charge in [0.1, 0.15) is 5.52 Å². The third-order valence-electron chi connectivity index (χ3n) is 2.90. The fourth-order valence-electron chi connectivity index (χ4n) is 2.04. The predicted octanol–water partition coefficient (Wildman–Crippen LogP) is 1.06. The number of aryl methyl sites for hydroxylation is 1. The molecule has 0 atom stereocenters. The highest BCUT2D eigenvalue weighted by atomic mass is 32.2. The first kappa shape index (κ1) is 13.8. The molecular weight excluding hydrogens is 266 g/mol. The molecule has 0 aliphatic carbocycles. The highest BCUT2D eigenvalue weighted by molar-refractivity contribution is 7.91. The zero-order valence-corrected chi connectivity index (χ0v) is 11.8. The minimum absolute atomic E-state index is 0.210. The quantitative estimate of drug-likeness (QED) is 0.829. The largest absolute Gasteiger partial charge is 0.385 e. The Morgan fingerprint density at radius 3 is 2.79 bits per heavy atom. The first-order valence-electron chi connectivity index (χ1n) is 5.89. The number of ether oxygens (including phenoxy) is 1. The molecule has 0 saturated carbocycles. The topological polar surface area (TPSA) is 87.2 Å². The van der Waals surface area contributed by atoms with Crippen LogP contribution in [0.15, 0.2) is 23.1 Å². The normalized spacial score (nSPS) is 12.1. The molecular formula is C12H17N3O3S. The molecule has 0 aliphatic rings. The van der Waals surface area contributed by atoms with E-state index in [0.717, 1.165) is 11.9 Å². The number of nitrogen functional groups attached to an aromatic ring is 1. The summed E-state index contributed by atoms with van der Waals surface area (Å²) >= 11 is 0. The van der Waals surface area contributed by atoms with Crippen LogP contribution in [0.25, 0.3) is 11.0 Å². The van der Waals surface area contributed by atoms with E-state index in [1.807, 2.05) is 10.6 Å². The number of para-hydroxylation sites is 1. The molecule has 0 radical (unpaired) electrons. The van der Waals surface area contributed by atoms with Gasteiger partial charge in [-0.2, -0.15) is 0 Å². The first-order valence-corrected chi connectivity index (χ1v) is 7.78. The van der Waals surface area contributed by atoms with Gasteiger partial charge in [-0.05, 0) is 18.6 Å². The Bertz CT molecular complexity index is 692. The van der Waals surface area contributed by atoms with E-state index in [-0.39, 0.29) is 4.90 Å². The number of aromatic nitrogens is 2. The SMILES string of the molecule is COCCCn1c(N)nc2c(S(C)(=O)=O)cccc21. The number of anilines is 1. The van der Waals surface area contributed by atoms with Gasteiger partial charge in [0.2, 0.25) is 5.95 Å². The molecule has 0 bridgehead atoms. The lowest BCUT2D eigenvalue weighted by Crippen LogP contribution is -2.05. The lowest BCUT2D eigenvalue weighted by atomic mass is 10.3. The number of fused-ring (bicyclic) bond motifs is 1. The number of benzene rings is 1. The predicted molar refractivity (Wildman–Crippen MR) is 73.7 cm³/mol. The van der Waals surface area contributed by atoms with Crippen molar-refractivity contribution >= 4 is 26.8 Å². The Morgan fingerprint density at radius 2 is 2.16 bits per heavy atom. The Balaban J connectivity index is 2.53. The molecule has 7 heteroatoms. The van der Waals surface area contributed by atoms with Crippen molar-refractivity contribution in [2.24, 2.45) is 0 Å². The monoisotopic (exact) mass is 283 g/mol. The van der Waals surface area contributed by atoms with Crippen LogP contribution in [0.3, 0.4) is 0 Å². The fourth-order valence-corrected chi connectivity index (χ4v) is 2.87. The maximum absolute atomic E-state index is 11.7. The van der Waals surface area contributed by atoms with Crippen LogP contribution < -0.4 is 5.73 Å². The molecule has 2 rings (SSSR count). The molecule has 2 N–H and O–H groups in total. The number of sulfone groups is 1. The van der Waals surface area contributed by atoms with Crippen LogP contribution in [0.5, 0.6) is 0 Å². The van der Waals surface area contributed by atoms with Crippen LogP contribution in [0.4, 0.5) is 5.95 Å².